The van der Waals surface area contributed by atoms with E-state index in [0.717, 1.165) is 24.3 Å². The van der Waals surface area contributed by atoms with E-state index in [0.29, 0.717) is 11.7 Å². The molecule has 0 spiro atoms. The van der Waals surface area contributed by atoms with Gasteiger partial charge in [0.1, 0.15) is 0 Å². The zero-order chi connectivity index (χ0) is 10.7. The topological polar surface area (TPSA) is 18.5 Å². The first-order valence-electron chi connectivity index (χ1n) is 5.40. The Balaban J connectivity index is 2.14. The molecule has 1 fully saturated rings. The highest BCUT2D eigenvalue weighted by Gasteiger charge is 2.18. The highest BCUT2D eigenvalue weighted by atomic mass is 16.5. The van der Waals surface area contributed by atoms with Crippen LogP contribution in [-0.2, 0) is 0 Å². The maximum Gasteiger partial charge on any atom is 0.161 e. The Bertz CT molecular complexity index is 327. The molecule has 0 unspecified atom stereocenters. The van der Waals surface area contributed by atoms with Crippen molar-refractivity contribution in [2.75, 3.05) is 7.11 Å². The van der Waals surface area contributed by atoms with Crippen LogP contribution < -0.4 is 9.47 Å². The van der Waals surface area contributed by atoms with Crippen LogP contribution in [0.2, 0.25) is 0 Å². The molecule has 2 nitrogen and oxygen atoms in total. The minimum atomic E-state index is 0.334. The predicted octanol–water partition coefficient (Wildman–Crippen LogP) is 3.08. The third-order valence-corrected chi connectivity index (χ3v) is 2.78. The van der Waals surface area contributed by atoms with E-state index in [2.05, 4.69) is 0 Å². The van der Waals surface area contributed by atoms with Crippen LogP contribution in [0.25, 0.3) is 0 Å². The number of hydrogen-bond acceptors (Lipinski definition) is 2. The fourth-order valence-corrected chi connectivity index (χ4v) is 1.97. The van der Waals surface area contributed by atoms with Gasteiger partial charge in [-0.1, -0.05) is 6.07 Å². The van der Waals surface area contributed by atoms with Crippen molar-refractivity contribution in [3.63, 3.8) is 0 Å². The lowest BCUT2D eigenvalue weighted by molar-refractivity contribution is 0.200. The average Bonchev–Trinajstić information content (AvgIpc) is 2.71. The van der Waals surface area contributed by atoms with Crippen molar-refractivity contribution in [2.45, 2.75) is 31.8 Å². The molecule has 2 heteroatoms. The summed E-state index contributed by atoms with van der Waals surface area (Å²) in [5, 5.41) is 0. The zero-order valence-corrected chi connectivity index (χ0v) is 9.03. The molecule has 1 aromatic carbocycles. The molecule has 0 aromatic heterocycles. The van der Waals surface area contributed by atoms with Crippen LogP contribution in [0.5, 0.6) is 11.5 Å². The number of rotatable bonds is 3. The zero-order valence-electron chi connectivity index (χ0n) is 9.03. The van der Waals surface area contributed by atoms with Gasteiger partial charge in [-0.05, 0) is 50.3 Å². The van der Waals surface area contributed by atoms with Crippen molar-refractivity contribution in [3.8, 4) is 11.5 Å². The minimum absolute atomic E-state index is 0.334. The molecule has 0 heterocycles. The van der Waals surface area contributed by atoms with Crippen LogP contribution in [0.15, 0.2) is 18.2 Å². The van der Waals surface area contributed by atoms with E-state index >= 15 is 0 Å². The maximum absolute atomic E-state index is 5.87. The van der Waals surface area contributed by atoms with E-state index in [1.165, 1.54) is 12.8 Å². The second kappa shape index (κ2) is 4.56. The number of benzene rings is 1. The Morgan fingerprint density at radius 2 is 1.93 bits per heavy atom. The van der Waals surface area contributed by atoms with Crippen molar-refractivity contribution in [3.05, 3.63) is 30.7 Å². The molecule has 80 valence electrons. The van der Waals surface area contributed by atoms with E-state index < -0.39 is 0 Å². The molecular formula is C13H16O2. The van der Waals surface area contributed by atoms with Crippen molar-refractivity contribution >= 4 is 0 Å². The minimum Gasteiger partial charge on any atom is -0.493 e. The van der Waals surface area contributed by atoms with Crippen LogP contribution in [0.4, 0.5) is 0 Å². The number of hydrogen-bond donors (Lipinski definition) is 0. The summed E-state index contributed by atoms with van der Waals surface area (Å²) in [6.07, 6.45) is 5.13. The lowest BCUT2D eigenvalue weighted by Gasteiger charge is -2.16. The van der Waals surface area contributed by atoms with E-state index in [4.69, 9.17) is 16.4 Å². The van der Waals surface area contributed by atoms with Gasteiger partial charge in [-0.25, -0.2) is 0 Å². The molecule has 1 aromatic rings. The van der Waals surface area contributed by atoms with Crippen LogP contribution in [0.3, 0.4) is 0 Å². The van der Waals surface area contributed by atoms with Gasteiger partial charge in [-0.3, -0.25) is 0 Å². The number of methoxy groups -OCH3 is 1. The van der Waals surface area contributed by atoms with Crippen molar-refractivity contribution in [1.29, 1.82) is 0 Å². The predicted molar refractivity (Wildman–Crippen MR) is 59.3 cm³/mol. The third-order valence-electron chi connectivity index (χ3n) is 2.78. The van der Waals surface area contributed by atoms with Gasteiger partial charge in [0.15, 0.2) is 11.5 Å². The Labute approximate surface area is 91.2 Å². The summed E-state index contributed by atoms with van der Waals surface area (Å²) in [7, 11) is 1.65. The first kappa shape index (κ1) is 10.3. The van der Waals surface area contributed by atoms with E-state index in [1.807, 2.05) is 18.2 Å². The van der Waals surface area contributed by atoms with Crippen LogP contribution >= 0.6 is 0 Å². The highest BCUT2D eigenvalue weighted by molar-refractivity contribution is 5.43. The summed E-state index contributed by atoms with van der Waals surface area (Å²) in [6.45, 7) is 5.72. The SMILES string of the molecule is [CH]c1ccc(OC)c(OC2CCCC2)c1. The molecule has 2 rings (SSSR count). The van der Waals surface area contributed by atoms with Gasteiger partial charge in [-0.2, -0.15) is 0 Å². The largest absolute Gasteiger partial charge is 0.493 e. The van der Waals surface area contributed by atoms with Crippen molar-refractivity contribution in [1.82, 2.24) is 0 Å². The summed E-state index contributed by atoms with van der Waals surface area (Å²) in [5.41, 5.74) is 0.712. The normalized spacial score (nSPS) is 16.7. The molecule has 1 aliphatic carbocycles. The summed E-state index contributed by atoms with van der Waals surface area (Å²) in [4.78, 5) is 0. The first-order chi connectivity index (χ1) is 7.29. The van der Waals surface area contributed by atoms with Crippen LogP contribution in [0.1, 0.15) is 31.2 Å². The lowest BCUT2D eigenvalue weighted by Crippen LogP contribution is -2.11. The van der Waals surface area contributed by atoms with Gasteiger partial charge >= 0.3 is 0 Å². The van der Waals surface area contributed by atoms with Crippen LogP contribution in [0, 0.1) is 6.92 Å². The van der Waals surface area contributed by atoms with Gasteiger partial charge in [0.2, 0.25) is 0 Å². The molecule has 0 aliphatic heterocycles. The van der Waals surface area contributed by atoms with E-state index in [9.17, 15) is 0 Å². The van der Waals surface area contributed by atoms with Gasteiger partial charge in [-0.15, -0.1) is 0 Å². The van der Waals surface area contributed by atoms with Crippen molar-refractivity contribution in [2.24, 2.45) is 0 Å². The summed E-state index contributed by atoms with van der Waals surface area (Å²) in [5.74, 6) is 1.53. The molecule has 1 saturated carbocycles. The highest BCUT2D eigenvalue weighted by Crippen LogP contribution is 2.32. The Morgan fingerprint density at radius 3 is 2.60 bits per heavy atom. The molecular weight excluding hydrogens is 188 g/mol. The molecule has 15 heavy (non-hydrogen) atoms. The van der Waals surface area contributed by atoms with Crippen LogP contribution in [-0.4, -0.2) is 13.2 Å². The Morgan fingerprint density at radius 1 is 1.20 bits per heavy atom. The second-order valence-corrected chi connectivity index (χ2v) is 3.93. The molecule has 1 aliphatic rings. The van der Waals surface area contributed by atoms with Gasteiger partial charge in [0.05, 0.1) is 13.2 Å². The molecule has 2 radical (unpaired) electrons. The van der Waals surface area contributed by atoms with E-state index in [1.54, 1.807) is 7.11 Å². The lowest BCUT2D eigenvalue weighted by atomic mass is 10.2. The first-order valence-corrected chi connectivity index (χ1v) is 5.40. The maximum atomic E-state index is 5.87. The average molecular weight is 204 g/mol. The fraction of sp³-hybridized carbons (Fsp3) is 0.462. The summed E-state index contributed by atoms with van der Waals surface area (Å²) >= 11 is 0. The van der Waals surface area contributed by atoms with Gasteiger partial charge in [0, 0.05) is 0 Å². The molecule has 0 amide bonds. The van der Waals surface area contributed by atoms with E-state index in [-0.39, 0.29) is 0 Å². The molecule has 0 atom stereocenters. The second-order valence-electron chi connectivity index (χ2n) is 3.93. The summed E-state index contributed by atoms with van der Waals surface area (Å²) in [6, 6.07) is 5.50. The Hall–Kier alpha value is -1.18. The number of ether oxygens (including phenoxy) is 2. The van der Waals surface area contributed by atoms with Crippen molar-refractivity contribution < 1.29 is 9.47 Å². The third kappa shape index (κ3) is 2.44. The summed E-state index contributed by atoms with van der Waals surface area (Å²) < 4.78 is 11.1. The van der Waals surface area contributed by atoms with Gasteiger partial charge in [0.25, 0.3) is 0 Å². The molecule has 0 bridgehead atoms. The van der Waals surface area contributed by atoms with Gasteiger partial charge < -0.3 is 9.47 Å². The molecule has 0 saturated heterocycles. The standard InChI is InChI=1S/C13H16O2/c1-10-7-8-12(14-2)13(9-10)15-11-5-3-4-6-11/h1,7-9,11H,3-6H2,2H3. The Kier molecular flexibility index (Phi) is 3.14. The quantitative estimate of drug-likeness (QED) is 0.753. The smallest absolute Gasteiger partial charge is 0.161 e. The monoisotopic (exact) mass is 204 g/mol. The molecule has 0 N–H and O–H groups in total. The fourth-order valence-electron chi connectivity index (χ4n) is 1.97.